The standard InChI is InChI=1S/C13H18BrNO/c14-12-5-3-11(4-6-12)13(16)7-10-15-8-1-2-9-15/h3-6,13,16H,1-2,7-10H2. The van der Waals surface area contributed by atoms with Gasteiger partial charge in [0.2, 0.25) is 0 Å². The minimum atomic E-state index is -0.325. The molecule has 1 saturated heterocycles. The van der Waals surface area contributed by atoms with E-state index in [1.807, 2.05) is 24.3 Å². The van der Waals surface area contributed by atoms with E-state index in [1.165, 1.54) is 25.9 Å². The van der Waals surface area contributed by atoms with Gasteiger partial charge in [-0.2, -0.15) is 0 Å². The maximum Gasteiger partial charge on any atom is 0.0802 e. The molecule has 0 bridgehead atoms. The number of rotatable bonds is 4. The Bertz CT molecular complexity index is 319. The highest BCUT2D eigenvalue weighted by Gasteiger charge is 2.14. The second-order valence-electron chi connectivity index (χ2n) is 4.40. The molecule has 1 aromatic rings. The molecule has 0 aromatic heterocycles. The SMILES string of the molecule is OC(CCN1CCCC1)c1ccc(Br)cc1. The van der Waals surface area contributed by atoms with Gasteiger partial charge in [-0.05, 0) is 50.0 Å². The van der Waals surface area contributed by atoms with E-state index in [9.17, 15) is 5.11 Å². The van der Waals surface area contributed by atoms with Gasteiger partial charge in [0.05, 0.1) is 6.10 Å². The van der Waals surface area contributed by atoms with Crippen molar-refractivity contribution in [2.24, 2.45) is 0 Å². The molecule has 0 spiro atoms. The van der Waals surface area contributed by atoms with E-state index >= 15 is 0 Å². The highest BCUT2D eigenvalue weighted by atomic mass is 79.9. The molecule has 16 heavy (non-hydrogen) atoms. The Morgan fingerprint density at radius 2 is 1.81 bits per heavy atom. The Morgan fingerprint density at radius 3 is 2.44 bits per heavy atom. The molecule has 1 atom stereocenters. The summed E-state index contributed by atoms with van der Waals surface area (Å²) in [6, 6.07) is 7.93. The van der Waals surface area contributed by atoms with Crippen LogP contribution < -0.4 is 0 Å². The second kappa shape index (κ2) is 5.80. The van der Waals surface area contributed by atoms with Gasteiger partial charge in [-0.25, -0.2) is 0 Å². The molecule has 0 saturated carbocycles. The van der Waals surface area contributed by atoms with Crippen molar-refractivity contribution in [3.63, 3.8) is 0 Å². The highest BCUT2D eigenvalue weighted by molar-refractivity contribution is 9.10. The molecule has 88 valence electrons. The number of aliphatic hydroxyl groups is 1. The van der Waals surface area contributed by atoms with Gasteiger partial charge >= 0.3 is 0 Å². The van der Waals surface area contributed by atoms with E-state index in [2.05, 4.69) is 20.8 Å². The lowest BCUT2D eigenvalue weighted by molar-refractivity contribution is 0.149. The molecule has 2 nitrogen and oxygen atoms in total. The zero-order valence-electron chi connectivity index (χ0n) is 9.40. The molecule has 3 heteroatoms. The lowest BCUT2D eigenvalue weighted by Crippen LogP contribution is -2.22. The third-order valence-corrected chi connectivity index (χ3v) is 3.70. The van der Waals surface area contributed by atoms with Crippen molar-refractivity contribution >= 4 is 15.9 Å². The third kappa shape index (κ3) is 3.30. The number of likely N-dealkylation sites (tertiary alicyclic amines) is 1. The largest absolute Gasteiger partial charge is 0.388 e. The van der Waals surface area contributed by atoms with Crippen molar-refractivity contribution in [1.29, 1.82) is 0 Å². The summed E-state index contributed by atoms with van der Waals surface area (Å²) in [5.74, 6) is 0. The van der Waals surface area contributed by atoms with Gasteiger partial charge in [0.1, 0.15) is 0 Å². The van der Waals surface area contributed by atoms with Crippen molar-refractivity contribution < 1.29 is 5.11 Å². The van der Waals surface area contributed by atoms with Crippen LogP contribution in [0.5, 0.6) is 0 Å². The van der Waals surface area contributed by atoms with Crippen LogP contribution in [0.3, 0.4) is 0 Å². The lowest BCUT2D eigenvalue weighted by Gasteiger charge is -2.17. The van der Waals surface area contributed by atoms with Gasteiger partial charge in [-0.1, -0.05) is 28.1 Å². The fraction of sp³-hybridized carbons (Fsp3) is 0.538. The lowest BCUT2D eigenvalue weighted by atomic mass is 10.1. The molecule has 1 aliphatic rings. The summed E-state index contributed by atoms with van der Waals surface area (Å²) in [5.41, 5.74) is 1.02. The fourth-order valence-corrected chi connectivity index (χ4v) is 2.43. The van der Waals surface area contributed by atoms with Crippen molar-refractivity contribution in [1.82, 2.24) is 4.90 Å². The summed E-state index contributed by atoms with van der Waals surface area (Å²) in [6.07, 6.45) is 3.14. The predicted molar refractivity (Wildman–Crippen MR) is 69.4 cm³/mol. The number of benzene rings is 1. The van der Waals surface area contributed by atoms with Crippen LogP contribution in [0.15, 0.2) is 28.7 Å². The van der Waals surface area contributed by atoms with Crippen LogP contribution in [0.1, 0.15) is 30.9 Å². The van der Waals surface area contributed by atoms with Gasteiger partial charge < -0.3 is 10.0 Å². The summed E-state index contributed by atoms with van der Waals surface area (Å²) in [6.45, 7) is 3.41. The van der Waals surface area contributed by atoms with E-state index in [-0.39, 0.29) is 6.10 Å². The Hall–Kier alpha value is -0.380. The van der Waals surface area contributed by atoms with Crippen LogP contribution in [0.2, 0.25) is 0 Å². The van der Waals surface area contributed by atoms with Crippen molar-refractivity contribution in [3.8, 4) is 0 Å². The van der Waals surface area contributed by atoms with Crippen LogP contribution in [0, 0.1) is 0 Å². The normalized spacial score (nSPS) is 18.9. The van der Waals surface area contributed by atoms with Gasteiger partial charge in [0, 0.05) is 11.0 Å². The maximum absolute atomic E-state index is 10.0. The van der Waals surface area contributed by atoms with E-state index in [0.29, 0.717) is 0 Å². The van der Waals surface area contributed by atoms with Crippen molar-refractivity contribution in [2.45, 2.75) is 25.4 Å². The van der Waals surface area contributed by atoms with Crippen LogP contribution in [0.4, 0.5) is 0 Å². The molecule has 1 aliphatic heterocycles. The smallest absolute Gasteiger partial charge is 0.0802 e. The number of nitrogens with zero attached hydrogens (tertiary/aromatic N) is 1. The van der Waals surface area contributed by atoms with E-state index in [4.69, 9.17) is 0 Å². The number of aliphatic hydroxyl groups excluding tert-OH is 1. The monoisotopic (exact) mass is 283 g/mol. The minimum absolute atomic E-state index is 0.325. The van der Waals surface area contributed by atoms with Crippen LogP contribution in [0.25, 0.3) is 0 Å². The minimum Gasteiger partial charge on any atom is -0.388 e. The average Bonchev–Trinajstić information content (AvgIpc) is 2.80. The van der Waals surface area contributed by atoms with Crippen LogP contribution >= 0.6 is 15.9 Å². The molecule has 1 N–H and O–H groups in total. The van der Waals surface area contributed by atoms with Gasteiger partial charge in [-0.3, -0.25) is 0 Å². The summed E-state index contributed by atoms with van der Waals surface area (Å²) < 4.78 is 1.06. The number of hydrogen-bond acceptors (Lipinski definition) is 2. The quantitative estimate of drug-likeness (QED) is 0.919. The molecular formula is C13H18BrNO. The van der Waals surface area contributed by atoms with Crippen molar-refractivity contribution in [3.05, 3.63) is 34.3 Å². The summed E-state index contributed by atoms with van der Waals surface area (Å²) >= 11 is 3.40. The molecule has 1 heterocycles. The Morgan fingerprint density at radius 1 is 1.19 bits per heavy atom. The zero-order valence-corrected chi connectivity index (χ0v) is 11.0. The molecule has 0 aliphatic carbocycles. The summed E-state index contributed by atoms with van der Waals surface area (Å²) in [5, 5.41) is 10.0. The molecule has 0 radical (unpaired) electrons. The fourth-order valence-electron chi connectivity index (χ4n) is 2.16. The van der Waals surface area contributed by atoms with Gasteiger partial charge in [-0.15, -0.1) is 0 Å². The molecule has 2 rings (SSSR count). The Balaban J connectivity index is 1.82. The summed E-state index contributed by atoms with van der Waals surface area (Å²) in [4.78, 5) is 2.43. The molecular weight excluding hydrogens is 266 g/mol. The first-order valence-corrected chi connectivity index (χ1v) is 6.71. The van der Waals surface area contributed by atoms with Crippen molar-refractivity contribution in [2.75, 3.05) is 19.6 Å². The number of hydrogen-bond donors (Lipinski definition) is 1. The first-order valence-electron chi connectivity index (χ1n) is 5.91. The molecule has 1 fully saturated rings. The Labute approximate surface area is 105 Å². The maximum atomic E-state index is 10.0. The molecule has 1 unspecified atom stereocenters. The topological polar surface area (TPSA) is 23.5 Å². The van der Waals surface area contributed by atoms with Gasteiger partial charge in [0.25, 0.3) is 0 Å². The van der Waals surface area contributed by atoms with Crippen LogP contribution in [-0.2, 0) is 0 Å². The van der Waals surface area contributed by atoms with E-state index in [1.54, 1.807) is 0 Å². The van der Waals surface area contributed by atoms with Gasteiger partial charge in [0.15, 0.2) is 0 Å². The third-order valence-electron chi connectivity index (χ3n) is 3.17. The average molecular weight is 284 g/mol. The predicted octanol–water partition coefficient (Wildman–Crippen LogP) is 2.97. The highest BCUT2D eigenvalue weighted by Crippen LogP contribution is 2.20. The second-order valence-corrected chi connectivity index (χ2v) is 5.32. The Kier molecular flexibility index (Phi) is 4.38. The van der Waals surface area contributed by atoms with E-state index < -0.39 is 0 Å². The zero-order chi connectivity index (χ0) is 11.4. The number of halogens is 1. The first-order chi connectivity index (χ1) is 7.75. The molecule has 0 amide bonds. The first kappa shape index (κ1) is 12.1. The molecule has 1 aromatic carbocycles. The van der Waals surface area contributed by atoms with E-state index in [0.717, 1.165) is 23.0 Å². The van der Waals surface area contributed by atoms with Crippen LogP contribution in [-0.4, -0.2) is 29.6 Å². The summed E-state index contributed by atoms with van der Waals surface area (Å²) in [7, 11) is 0.